The number of ether oxygens (including phenoxy) is 1. The molecule has 2 rings (SSSR count). The van der Waals surface area contributed by atoms with Gasteiger partial charge in [0.15, 0.2) is 0 Å². The molecule has 0 aliphatic heterocycles. The minimum absolute atomic E-state index is 0.481. The van der Waals surface area contributed by atoms with E-state index in [0.717, 1.165) is 21.3 Å². The Labute approximate surface area is 114 Å². The van der Waals surface area contributed by atoms with Crippen molar-refractivity contribution in [3.63, 3.8) is 0 Å². The van der Waals surface area contributed by atoms with Gasteiger partial charge in [0.25, 0.3) is 0 Å². The van der Waals surface area contributed by atoms with E-state index in [1.54, 1.807) is 6.20 Å². The monoisotopic (exact) mass is 307 g/mol. The Morgan fingerprint density at radius 2 is 2.17 bits per heavy atom. The molecule has 1 heterocycles. The second-order valence-corrected chi connectivity index (χ2v) is 4.81. The first-order valence-electron chi connectivity index (χ1n) is 5.49. The van der Waals surface area contributed by atoms with E-state index in [1.807, 2.05) is 37.3 Å². The number of hydrazine groups is 1. The van der Waals surface area contributed by atoms with Crippen LogP contribution in [0.2, 0.25) is 0 Å². The Balaban J connectivity index is 2.04. The van der Waals surface area contributed by atoms with Crippen LogP contribution in [0.15, 0.2) is 41.0 Å². The van der Waals surface area contributed by atoms with Crippen molar-refractivity contribution in [1.82, 2.24) is 4.98 Å². The third-order valence-corrected chi connectivity index (χ3v) is 3.01. The minimum atomic E-state index is 0.481. The zero-order chi connectivity index (χ0) is 13.0. The van der Waals surface area contributed by atoms with Crippen LogP contribution >= 0.6 is 15.9 Å². The van der Waals surface area contributed by atoms with Crippen molar-refractivity contribution in [2.45, 2.75) is 13.5 Å². The van der Waals surface area contributed by atoms with Crippen LogP contribution < -0.4 is 16.0 Å². The molecule has 0 radical (unpaired) electrons. The lowest BCUT2D eigenvalue weighted by Crippen LogP contribution is -2.08. The van der Waals surface area contributed by atoms with Gasteiger partial charge in [0.05, 0.1) is 0 Å². The number of halogens is 1. The first-order valence-corrected chi connectivity index (χ1v) is 6.29. The number of hydrogen-bond donors (Lipinski definition) is 2. The Hall–Kier alpha value is -1.59. The molecule has 0 bridgehead atoms. The van der Waals surface area contributed by atoms with Crippen LogP contribution in [-0.2, 0) is 6.61 Å². The van der Waals surface area contributed by atoms with E-state index in [-0.39, 0.29) is 0 Å². The minimum Gasteiger partial charge on any atom is -0.489 e. The summed E-state index contributed by atoms with van der Waals surface area (Å²) in [6, 6.07) is 9.70. The molecule has 18 heavy (non-hydrogen) atoms. The van der Waals surface area contributed by atoms with Crippen LogP contribution in [-0.4, -0.2) is 4.98 Å². The molecule has 94 valence electrons. The topological polar surface area (TPSA) is 60.2 Å². The average Bonchev–Trinajstić information content (AvgIpc) is 2.40. The highest BCUT2D eigenvalue weighted by Crippen LogP contribution is 2.23. The number of nitrogen functional groups attached to an aromatic ring is 1. The normalized spacial score (nSPS) is 10.2. The predicted octanol–water partition coefficient (Wildman–Crippen LogP) is 3.02. The molecule has 0 saturated heterocycles. The zero-order valence-electron chi connectivity index (χ0n) is 9.98. The first kappa shape index (κ1) is 12.9. The number of nitrogens with one attached hydrogen (secondary N) is 1. The van der Waals surface area contributed by atoms with Gasteiger partial charge in [0, 0.05) is 16.2 Å². The Bertz CT molecular complexity index is 528. The van der Waals surface area contributed by atoms with Gasteiger partial charge in [0.1, 0.15) is 18.2 Å². The summed E-state index contributed by atoms with van der Waals surface area (Å²) in [7, 11) is 0. The lowest BCUT2D eigenvalue weighted by atomic mass is 10.2. The highest BCUT2D eigenvalue weighted by molar-refractivity contribution is 9.10. The molecule has 0 unspecified atom stereocenters. The molecule has 0 spiro atoms. The van der Waals surface area contributed by atoms with Gasteiger partial charge in [-0.3, -0.25) is 0 Å². The summed E-state index contributed by atoms with van der Waals surface area (Å²) in [6.45, 7) is 2.50. The number of rotatable bonds is 4. The molecule has 1 aromatic heterocycles. The van der Waals surface area contributed by atoms with Crippen LogP contribution in [0.5, 0.6) is 5.75 Å². The largest absolute Gasteiger partial charge is 0.489 e. The van der Waals surface area contributed by atoms with Crippen LogP contribution in [0.25, 0.3) is 0 Å². The molecule has 0 aliphatic carbocycles. The number of pyridine rings is 1. The fourth-order valence-electron chi connectivity index (χ4n) is 1.49. The zero-order valence-corrected chi connectivity index (χ0v) is 11.6. The van der Waals surface area contributed by atoms with Gasteiger partial charge in [-0.25, -0.2) is 10.8 Å². The van der Waals surface area contributed by atoms with E-state index in [2.05, 4.69) is 26.3 Å². The van der Waals surface area contributed by atoms with Crippen molar-refractivity contribution < 1.29 is 4.74 Å². The van der Waals surface area contributed by atoms with Crippen molar-refractivity contribution >= 4 is 21.7 Å². The number of anilines is 1. The number of nitrogens with zero attached hydrogens (tertiary/aromatic N) is 1. The molecule has 1 aromatic carbocycles. The van der Waals surface area contributed by atoms with E-state index >= 15 is 0 Å². The van der Waals surface area contributed by atoms with Crippen LogP contribution in [0.4, 0.5) is 5.82 Å². The summed E-state index contributed by atoms with van der Waals surface area (Å²) < 4.78 is 6.76. The van der Waals surface area contributed by atoms with E-state index in [4.69, 9.17) is 10.6 Å². The number of hydrogen-bond acceptors (Lipinski definition) is 4. The molecular formula is C13H14BrN3O. The van der Waals surface area contributed by atoms with Crippen LogP contribution in [0, 0.1) is 6.92 Å². The number of aryl methyl sites for hydroxylation is 1. The van der Waals surface area contributed by atoms with Gasteiger partial charge < -0.3 is 10.2 Å². The first-order chi connectivity index (χ1) is 8.69. The molecule has 4 nitrogen and oxygen atoms in total. The summed E-state index contributed by atoms with van der Waals surface area (Å²) >= 11 is 3.43. The lowest BCUT2D eigenvalue weighted by Gasteiger charge is -2.09. The maximum atomic E-state index is 5.76. The van der Waals surface area contributed by atoms with Gasteiger partial charge in [-0.2, -0.15) is 0 Å². The Kier molecular flexibility index (Phi) is 4.17. The summed E-state index contributed by atoms with van der Waals surface area (Å²) in [4.78, 5) is 4.12. The summed E-state index contributed by atoms with van der Waals surface area (Å²) in [5.41, 5.74) is 4.58. The van der Waals surface area contributed by atoms with Crippen LogP contribution in [0.3, 0.4) is 0 Å². The molecule has 3 N–H and O–H groups in total. The van der Waals surface area contributed by atoms with Crippen molar-refractivity contribution in [3.05, 3.63) is 52.1 Å². The molecule has 5 heteroatoms. The van der Waals surface area contributed by atoms with E-state index < -0.39 is 0 Å². The van der Waals surface area contributed by atoms with Crippen molar-refractivity contribution in [3.8, 4) is 5.75 Å². The summed E-state index contributed by atoms with van der Waals surface area (Å²) in [5, 5.41) is 0. The van der Waals surface area contributed by atoms with Crippen molar-refractivity contribution in [2.24, 2.45) is 5.84 Å². The molecule has 0 amide bonds. The molecule has 0 saturated carbocycles. The highest BCUT2D eigenvalue weighted by Gasteiger charge is 2.01. The predicted molar refractivity (Wildman–Crippen MR) is 75.3 cm³/mol. The van der Waals surface area contributed by atoms with Gasteiger partial charge in [-0.1, -0.05) is 28.1 Å². The smallest absolute Gasteiger partial charge is 0.139 e. The Morgan fingerprint density at radius 1 is 1.33 bits per heavy atom. The maximum absolute atomic E-state index is 5.76. The number of nitrogens with two attached hydrogens (primary N) is 1. The maximum Gasteiger partial charge on any atom is 0.139 e. The highest BCUT2D eigenvalue weighted by atomic mass is 79.9. The van der Waals surface area contributed by atoms with Gasteiger partial charge in [-0.15, -0.1) is 0 Å². The quantitative estimate of drug-likeness (QED) is 0.673. The summed E-state index contributed by atoms with van der Waals surface area (Å²) in [5.74, 6) is 6.76. The molecule has 2 aromatic rings. The van der Waals surface area contributed by atoms with Gasteiger partial charge >= 0.3 is 0 Å². The van der Waals surface area contributed by atoms with Crippen molar-refractivity contribution in [2.75, 3.05) is 5.43 Å². The van der Waals surface area contributed by atoms with E-state index in [1.165, 1.54) is 0 Å². The van der Waals surface area contributed by atoms with E-state index in [9.17, 15) is 0 Å². The van der Waals surface area contributed by atoms with Gasteiger partial charge in [0.2, 0.25) is 0 Å². The number of benzene rings is 1. The lowest BCUT2D eigenvalue weighted by molar-refractivity contribution is 0.303. The van der Waals surface area contributed by atoms with Crippen LogP contribution in [0.1, 0.15) is 11.1 Å². The summed E-state index contributed by atoms with van der Waals surface area (Å²) in [6.07, 6.45) is 1.74. The molecule has 0 atom stereocenters. The molecule has 0 aliphatic rings. The molecular weight excluding hydrogens is 294 g/mol. The second-order valence-electron chi connectivity index (χ2n) is 3.89. The van der Waals surface area contributed by atoms with E-state index in [0.29, 0.717) is 12.4 Å². The fraction of sp³-hybridized carbons (Fsp3) is 0.154. The molecule has 0 fully saturated rings. The Morgan fingerprint density at radius 3 is 2.83 bits per heavy atom. The number of aromatic nitrogens is 1. The van der Waals surface area contributed by atoms with Crippen molar-refractivity contribution in [1.29, 1.82) is 0 Å². The standard InChI is InChI=1S/C13H14BrN3O/c1-9-2-4-11(14)6-12(9)18-8-10-3-5-13(17-15)16-7-10/h2-7H,8,15H2,1H3,(H,16,17). The average molecular weight is 308 g/mol. The SMILES string of the molecule is Cc1ccc(Br)cc1OCc1ccc(NN)nc1. The third-order valence-electron chi connectivity index (χ3n) is 2.52. The second kappa shape index (κ2) is 5.84. The third kappa shape index (κ3) is 3.21. The van der Waals surface area contributed by atoms with Gasteiger partial charge in [-0.05, 0) is 30.7 Å². The fourth-order valence-corrected chi connectivity index (χ4v) is 1.83.